The molecular weight excluding hydrogens is 449 g/mol. The first kappa shape index (κ1) is 22.3. The maximum atomic E-state index is 13.0. The Morgan fingerprint density at radius 1 is 1.03 bits per heavy atom. The summed E-state index contributed by atoms with van der Waals surface area (Å²) in [5, 5.41) is 7.34. The first-order valence-electron chi connectivity index (χ1n) is 9.28. The number of rotatable bonds is 4. The summed E-state index contributed by atoms with van der Waals surface area (Å²) in [7, 11) is -3.50. The predicted molar refractivity (Wildman–Crippen MR) is 124 cm³/mol. The molecule has 0 aliphatic carbocycles. The Morgan fingerprint density at radius 3 is 2.24 bits per heavy atom. The van der Waals surface area contributed by atoms with E-state index in [9.17, 15) is 8.42 Å². The van der Waals surface area contributed by atoms with Crippen molar-refractivity contribution in [3.8, 4) is 0 Å². The van der Waals surface area contributed by atoms with Gasteiger partial charge in [0, 0.05) is 23.8 Å². The normalized spacial score (nSPS) is 20.3. The summed E-state index contributed by atoms with van der Waals surface area (Å²) in [6.07, 6.45) is 1.05. The molecule has 9 heteroatoms. The van der Waals surface area contributed by atoms with E-state index in [-0.39, 0.29) is 4.90 Å². The van der Waals surface area contributed by atoms with Crippen LogP contribution in [0.4, 0.5) is 11.4 Å². The highest BCUT2D eigenvalue weighted by Crippen LogP contribution is 2.28. The van der Waals surface area contributed by atoms with Gasteiger partial charge in [-0.15, -0.1) is 0 Å². The van der Waals surface area contributed by atoms with E-state index in [1.54, 1.807) is 46.8 Å². The summed E-state index contributed by atoms with van der Waals surface area (Å²) < 4.78 is 27.5. The molecule has 1 aliphatic rings. The molecule has 0 saturated carbocycles. The van der Waals surface area contributed by atoms with Gasteiger partial charge in [-0.3, -0.25) is 0 Å². The molecule has 0 unspecified atom stereocenters. The summed E-state index contributed by atoms with van der Waals surface area (Å²) in [5.41, 5.74) is 1.30. The standard InChI is InChI=1S/C20H23Cl2N3O2S2/c1-13-9-14(2)12-25(11-13)29(26,27)17-6-4-16(5-7-17)23-20(28)24-19-8-3-15(21)10-18(19)22/h3-8,10,13-14H,9,11-12H2,1-2H3,(H2,23,24,28)/t13-,14+. The zero-order chi connectivity index (χ0) is 21.2. The molecule has 0 amide bonds. The van der Waals surface area contributed by atoms with Gasteiger partial charge in [0.05, 0.1) is 15.6 Å². The monoisotopic (exact) mass is 471 g/mol. The smallest absolute Gasteiger partial charge is 0.243 e. The lowest BCUT2D eigenvalue weighted by molar-refractivity contribution is 0.222. The average molecular weight is 472 g/mol. The van der Waals surface area contributed by atoms with Gasteiger partial charge in [-0.25, -0.2) is 8.42 Å². The molecule has 1 heterocycles. The van der Waals surface area contributed by atoms with Crippen molar-refractivity contribution in [2.24, 2.45) is 11.8 Å². The molecule has 0 radical (unpaired) electrons. The van der Waals surface area contributed by atoms with Crippen LogP contribution in [0.25, 0.3) is 0 Å². The van der Waals surface area contributed by atoms with Crippen LogP contribution in [0.1, 0.15) is 20.3 Å². The van der Waals surface area contributed by atoms with Crippen LogP contribution in [-0.4, -0.2) is 30.9 Å². The largest absolute Gasteiger partial charge is 0.332 e. The number of nitrogens with zero attached hydrogens (tertiary/aromatic N) is 1. The fraction of sp³-hybridized carbons (Fsp3) is 0.350. The van der Waals surface area contributed by atoms with Crippen molar-refractivity contribution in [2.45, 2.75) is 25.2 Å². The highest BCUT2D eigenvalue weighted by molar-refractivity contribution is 7.89. The SMILES string of the molecule is C[C@@H]1C[C@H](C)CN(S(=O)(=O)c2ccc(NC(=S)Nc3ccc(Cl)cc3Cl)cc2)C1. The zero-order valence-electron chi connectivity index (χ0n) is 16.2. The van der Waals surface area contributed by atoms with Gasteiger partial charge in [0.15, 0.2) is 5.11 Å². The Morgan fingerprint density at radius 2 is 1.66 bits per heavy atom. The van der Waals surface area contributed by atoms with Gasteiger partial charge in [0.1, 0.15) is 0 Å². The van der Waals surface area contributed by atoms with Gasteiger partial charge < -0.3 is 10.6 Å². The summed E-state index contributed by atoms with van der Waals surface area (Å²) in [6, 6.07) is 11.6. The molecule has 29 heavy (non-hydrogen) atoms. The second-order valence-electron chi connectivity index (χ2n) is 7.50. The topological polar surface area (TPSA) is 61.4 Å². The molecule has 2 atom stereocenters. The predicted octanol–water partition coefficient (Wildman–Crippen LogP) is 5.47. The summed E-state index contributed by atoms with van der Waals surface area (Å²) in [6.45, 7) is 5.29. The van der Waals surface area contributed by atoms with E-state index in [2.05, 4.69) is 24.5 Å². The number of benzene rings is 2. The van der Waals surface area contributed by atoms with E-state index >= 15 is 0 Å². The third-order valence-corrected chi connectivity index (χ3v) is 7.36. The van der Waals surface area contributed by atoms with Gasteiger partial charge in [0.25, 0.3) is 0 Å². The zero-order valence-corrected chi connectivity index (χ0v) is 19.3. The van der Waals surface area contributed by atoms with Crippen LogP contribution in [0.3, 0.4) is 0 Å². The molecule has 2 aromatic rings. The van der Waals surface area contributed by atoms with Crippen LogP contribution in [0.2, 0.25) is 10.0 Å². The quantitative estimate of drug-likeness (QED) is 0.578. The number of thiocarbonyl (C=S) groups is 1. The van der Waals surface area contributed by atoms with Crippen LogP contribution < -0.4 is 10.6 Å². The van der Waals surface area contributed by atoms with Crippen molar-refractivity contribution in [3.63, 3.8) is 0 Å². The van der Waals surface area contributed by atoms with Gasteiger partial charge in [-0.1, -0.05) is 37.0 Å². The fourth-order valence-electron chi connectivity index (χ4n) is 3.54. The molecule has 1 fully saturated rings. The van der Waals surface area contributed by atoms with Gasteiger partial charge in [-0.2, -0.15) is 4.31 Å². The van der Waals surface area contributed by atoms with Crippen LogP contribution in [-0.2, 0) is 10.0 Å². The first-order valence-corrected chi connectivity index (χ1v) is 11.9. The fourth-order valence-corrected chi connectivity index (χ4v) is 5.90. The third kappa shape index (κ3) is 5.61. The lowest BCUT2D eigenvalue weighted by atomic mass is 9.94. The van der Waals surface area contributed by atoms with Crippen molar-refractivity contribution in [1.29, 1.82) is 0 Å². The molecule has 2 N–H and O–H groups in total. The van der Waals surface area contributed by atoms with Gasteiger partial charge >= 0.3 is 0 Å². The molecule has 156 valence electrons. The second kappa shape index (κ2) is 9.18. The van der Waals surface area contributed by atoms with E-state index in [0.29, 0.717) is 51.5 Å². The molecule has 1 saturated heterocycles. The van der Waals surface area contributed by atoms with Crippen molar-refractivity contribution < 1.29 is 8.42 Å². The van der Waals surface area contributed by atoms with E-state index in [1.165, 1.54) is 0 Å². The Balaban J connectivity index is 1.67. The average Bonchev–Trinajstić information content (AvgIpc) is 2.64. The van der Waals surface area contributed by atoms with E-state index < -0.39 is 10.0 Å². The molecule has 2 aromatic carbocycles. The summed E-state index contributed by atoms with van der Waals surface area (Å²) >= 11 is 17.3. The molecule has 5 nitrogen and oxygen atoms in total. The number of sulfonamides is 1. The number of nitrogens with one attached hydrogen (secondary N) is 2. The Kier molecular flexibility index (Phi) is 7.06. The van der Waals surface area contributed by atoms with Crippen molar-refractivity contribution >= 4 is 61.9 Å². The minimum absolute atomic E-state index is 0.281. The number of hydrogen-bond donors (Lipinski definition) is 2. The minimum Gasteiger partial charge on any atom is -0.332 e. The van der Waals surface area contributed by atoms with Gasteiger partial charge in [-0.05, 0) is 72.9 Å². The van der Waals surface area contributed by atoms with Crippen LogP contribution >= 0.6 is 35.4 Å². The Hall–Kier alpha value is -1.38. The van der Waals surface area contributed by atoms with Gasteiger partial charge in [0.2, 0.25) is 10.0 Å². The Labute approximate surface area is 187 Å². The van der Waals surface area contributed by atoms with E-state index in [0.717, 1.165) is 6.42 Å². The molecular formula is C20H23Cl2N3O2S2. The highest BCUT2D eigenvalue weighted by Gasteiger charge is 2.31. The highest BCUT2D eigenvalue weighted by atomic mass is 35.5. The number of hydrogen-bond acceptors (Lipinski definition) is 3. The Bertz CT molecular complexity index is 987. The van der Waals surface area contributed by atoms with Crippen molar-refractivity contribution in [3.05, 3.63) is 52.5 Å². The maximum Gasteiger partial charge on any atom is 0.243 e. The summed E-state index contributed by atoms with van der Waals surface area (Å²) in [4.78, 5) is 0.281. The maximum absolute atomic E-state index is 13.0. The lowest BCUT2D eigenvalue weighted by Crippen LogP contribution is -2.42. The lowest BCUT2D eigenvalue weighted by Gasteiger charge is -2.34. The van der Waals surface area contributed by atoms with Crippen LogP contribution in [0.5, 0.6) is 0 Å². The van der Waals surface area contributed by atoms with Crippen molar-refractivity contribution in [2.75, 3.05) is 23.7 Å². The van der Waals surface area contributed by atoms with Crippen LogP contribution in [0, 0.1) is 11.8 Å². The van der Waals surface area contributed by atoms with E-state index in [4.69, 9.17) is 35.4 Å². The number of halogens is 2. The number of anilines is 2. The van der Waals surface area contributed by atoms with Crippen molar-refractivity contribution in [1.82, 2.24) is 4.31 Å². The molecule has 1 aliphatic heterocycles. The minimum atomic E-state index is -3.50. The third-order valence-electron chi connectivity index (χ3n) is 4.76. The van der Waals surface area contributed by atoms with Crippen LogP contribution in [0.15, 0.2) is 47.4 Å². The molecule has 0 spiro atoms. The first-order chi connectivity index (χ1) is 13.6. The molecule has 3 rings (SSSR count). The molecule has 0 aromatic heterocycles. The second-order valence-corrected chi connectivity index (χ2v) is 10.7. The van der Waals surface area contributed by atoms with E-state index in [1.807, 2.05) is 0 Å². The number of piperidine rings is 1. The molecule has 0 bridgehead atoms. The summed E-state index contributed by atoms with van der Waals surface area (Å²) in [5.74, 6) is 0.718.